The lowest BCUT2D eigenvalue weighted by atomic mass is 9.88. The number of methoxy groups -OCH3 is 1. The molecule has 2 heterocycles. The molecule has 1 aliphatic heterocycles. The molecule has 1 saturated heterocycles. The molecule has 1 amide bonds. The Morgan fingerprint density at radius 3 is 2.78 bits per heavy atom. The third-order valence-electron chi connectivity index (χ3n) is 4.95. The Balaban J connectivity index is 1.57. The van der Waals surface area contributed by atoms with E-state index in [0.29, 0.717) is 25.3 Å². The zero-order valence-corrected chi connectivity index (χ0v) is 15.8. The smallest absolute Gasteiger partial charge is 0.408 e. The highest BCUT2D eigenvalue weighted by Crippen LogP contribution is 2.51. The van der Waals surface area contributed by atoms with Crippen molar-refractivity contribution in [1.82, 2.24) is 20.3 Å². The molecule has 0 saturated carbocycles. The first-order chi connectivity index (χ1) is 13.0. The van der Waals surface area contributed by atoms with Crippen LogP contribution in [0.25, 0.3) is 0 Å². The van der Waals surface area contributed by atoms with Gasteiger partial charge in [-0.05, 0) is 44.4 Å². The number of benzene rings is 1. The van der Waals surface area contributed by atoms with E-state index in [9.17, 15) is 4.79 Å². The van der Waals surface area contributed by atoms with Crippen LogP contribution in [0.4, 0.5) is 4.79 Å². The van der Waals surface area contributed by atoms with Crippen molar-refractivity contribution in [3.63, 3.8) is 0 Å². The molecular weight excluding hydrogens is 348 g/mol. The summed E-state index contributed by atoms with van der Waals surface area (Å²) in [6, 6.07) is 7.86. The molecule has 0 radical (unpaired) electrons. The molecule has 2 aromatic rings. The molecule has 1 aromatic carbocycles. The number of aromatic nitrogens is 3. The number of hydrogen-bond acceptors (Lipinski definition) is 6. The fraction of sp³-hybridized carbons (Fsp3) is 0.526. The Morgan fingerprint density at radius 2 is 2.15 bits per heavy atom. The summed E-state index contributed by atoms with van der Waals surface area (Å²) in [4.78, 5) is 12.0. The van der Waals surface area contributed by atoms with Crippen LogP contribution in [0.3, 0.4) is 0 Å². The number of nitrogens with one attached hydrogen (secondary N) is 1. The molecule has 144 valence electrons. The molecule has 27 heavy (non-hydrogen) atoms. The summed E-state index contributed by atoms with van der Waals surface area (Å²) in [5.74, 6) is 0.811. The van der Waals surface area contributed by atoms with Gasteiger partial charge in [-0.2, -0.15) is 0 Å². The minimum absolute atomic E-state index is 0.0180. The normalized spacial score (nSPS) is 23.2. The minimum Gasteiger partial charge on any atom is -0.497 e. The number of epoxide rings is 1. The van der Waals surface area contributed by atoms with Gasteiger partial charge in [-0.1, -0.05) is 17.3 Å². The van der Waals surface area contributed by atoms with Crippen molar-refractivity contribution < 1.29 is 19.0 Å². The zero-order valence-electron chi connectivity index (χ0n) is 15.8. The third-order valence-corrected chi connectivity index (χ3v) is 4.95. The first-order valence-electron chi connectivity index (χ1n) is 9.18. The molecule has 8 nitrogen and oxygen atoms in total. The van der Waals surface area contributed by atoms with Crippen LogP contribution in [0.2, 0.25) is 0 Å². The molecule has 1 spiro atoms. The molecule has 4 rings (SSSR count). The summed E-state index contributed by atoms with van der Waals surface area (Å²) >= 11 is 0. The molecule has 2 aliphatic rings. The Hall–Kier alpha value is -2.61. The van der Waals surface area contributed by atoms with E-state index < -0.39 is 12.2 Å². The Labute approximate surface area is 157 Å². The van der Waals surface area contributed by atoms with E-state index in [1.54, 1.807) is 7.11 Å². The summed E-state index contributed by atoms with van der Waals surface area (Å²) in [5, 5.41) is 11.4. The van der Waals surface area contributed by atoms with Gasteiger partial charge in [0.1, 0.15) is 28.8 Å². The number of fused-ring (bicyclic) bond motifs is 2. The second-order valence-electron chi connectivity index (χ2n) is 7.34. The lowest BCUT2D eigenvalue weighted by Crippen LogP contribution is -2.34. The van der Waals surface area contributed by atoms with E-state index in [2.05, 4.69) is 15.6 Å². The van der Waals surface area contributed by atoms with Crippen molar-refractivity contribution >= 4 is 6.09 Å². The van der Waals surface area contributed by atoms with Gasteiger partial charge in [0.2, 0.25) is 0 Å². The van der Waals surface area contributed by atoms with E-state index >= 15 is 0 Å². The second-order valence-corrected chi connectivity index (χ2v) is 7.34. The second kappa shape index (κ2) is 6.84. The molecule has 0 unspecified atom stereocenters. The van der Waals surface area contributed by atoms with Crippen molar-refractivity contribution in [3.05, 3.63) is 41.2 Å². The van der Waals surface area contributed by atoms with E-state index in [1.807, 2.05) is 42.8 Å². The maximum absolute atomic E-state index is 12.0. The number of carbonyl (C=O) groups excluding carboxylic acids is 1. The van der Waals surface area contributed by atoms with Gasteiger partial charge in [-0.15, -0.1) is 5.10 Å². The topological polar surface area (TPSA) is 90.8 Å². The average molecular weight is 372 g/mol. The molecule has 2 atom stereocenters. The first kappa shape index (κ1) is 17.8. The maximum Gasteiger partial charge on any atom is 0.408 e. The fourth-order valence-corrected chi connectivity index (χ4v) is 3.53. The molecule has 1 fully saturated rings. The van der Waals surface area contributed by atoms with Crippen LogP contribution in [-0.4, -0.2) is 40.8 Å². The van der Waals surface area contributed by atoms with Gasteiger partial charge in [-0.25, -0.2) is 9.48 Å². The van der Waals surface area contributed by atoms with Crippen molar-refractivity contribution in [1.29, 1.82) is 0 Å². The molecule has 8 heteroatoms. The molecule has 1 N–H and O–H groups in total. The van der Waals surface area contributed by atoms with Gasteiger partial charge in [0.15, 0.2) is 0 Å². The number of alkyl carbamates (subject to hydrolysis) is 1. The number of nitrogens with zero attached hydrogens (tertiary/aromatic N) is 3. The predicted molar refractivity (Wildman–Crippen MR) is 96.5 cm³/mol. The first-order valence-corrected chi connectivity index (χ1v) is 9.18. The van der Waals surface area contributed by atoms with Crippen LogP contribution in [0.1, 0.15) is 49.7 Å². The van der Waals surface area contributed by atoms with E-state index in [-0.39, 0.29) is 11.6 Å². The summed E-state index contributed by atoms with van der Waals surface area (Å²) in [6.45, 7) is 5.01. The number of ether oxygens (including phenoxy) is 3. The monoisotopic (exact) mass is 372 g/mol. The fourth-order valence-electron chi connectivity index (χ4n) is 3.53. The quantitative estimate of drug-likeness (QED) is 0.811. The molecule has 1 aliphatic carbocycles. The summed E-state index contributed by atoms with van der Waals surface area (Å²) < 4.78 is 18.5. The van der Waals surface area contributed by atoms with Crippen LogP contribution in [0.15, 0.2) is 24.3 Å². The van der Waals surface area contributed by atoms with Gasteiger partial charge in [0, 0.05) is 6.04 Å². The Bertz CT molecular complexity index is 827. The van der Waals surface area contributed by atoms with E-state index in [1.165, 1.54) is 0 Å². The van der Waals surface area contributed by atoms with E-state index in [0.717, 1.165) is 23.4 Å². The van der Waals surface area contributed by atoms with Crippen LogP contribution in [0.5, 0.6) is 5.75 Å². The highest BCUT2D eigenvalue weighted by molar-refractivity contribution is 5.67. The number of rotatable bonds is 5. The molecular formula is C19H24N4O4. The minimum atomic E-state index is -0.432. The molecule has 0 bridgehead atoms. The third kappa shape index (κ3) is 3.49. The van der Waals surface area contributed by atoms with Crippen molar-refractivity contribution in [2.75, 3.05) is 13.7 Å². The van der Waals surface area contributed by atoms with Crippen LogP contribution in [0, 0.1) is 0 Å². The number of hydrogen-bond donors (Lipinski definition) is 1. The highest BCUT2D eigenvalue weighted by atomic mass is 16.6. The van der Waals surface area contributed by atoms with Gasteiger partial charge in [0.05, 0.1) is 20.3 Å². The lowest BCUT2D eigenvalue weighted by molar-refractivity contribution is 0.0712. The SMILES string of the molecule is COc1ccc(Cn2nnc3c2[C@]2(CC[C@H]3OC(=O)NC(C)C)CO2)cc1. The molecule has 1 aromatic heterocycles. The maximum atomic E-state index is 12.0. The van der Waals surface area contributed by atoms with Gasteiger partial charge < -0.3 is 19.5 Å². The summed E-state index contributed by atoms with van der Waals surface area (Å²) in [7, 11) is 1.65. The standard InChI is InChI=1S/C19H24N4O4/c1-12(2)20-18(24)27-15-8-9-19(11-26-19)17-16(15)21-22-23(17)10-13-4-6-14(25-3)7-5-13/h4-7,12,15H,8-11H2,1-3H3,(H,20,24)/t15-,19+/m1/s1. The largest absolute Gasteiger partial charge is 0.497 e. The van der Waals surface area contributed by atoms with Crippen LogP contribution >= 0.6 is 0 Å². The lowest BCUT2D eigenvalue weighted by Gasteiger charge is -2.26. The Morgan fingerprint density at radius 1 is 1.41 bits per heavy atom. The number of carbonyl (C=O) groups is 1. The predicted octanol–water partition coefficient (Wildman–Crippen LogP) is 2.53. The summed E-state index contributed by atoms with van der Waals surface area (Å²) in [6.07, 6.45) is 0.631. The van der Waals surface area contributed by atoms with Crippen molar-refractivity contribution in [3.8, 4) is 5.75 Å². The van der Waals surface area contributed by atoms with Crippen molar-refractivity contribution in [2.24, 2.45) is 0 Å². The zero-order chi connectivity index (χ0) is 19.0. The van der Waals surface area contributed by atoms with Crippen LogP contribution in [-0.2, 0) is 21.6 Å². The summed E-state index contributed by atoms with van der Waals surface area (Å²) in [5.41, 5.74) is 2.37. The van der Waals surface area contributed by atoms with Gasteiger partial charge in [-0.3, -0.25) is 0 Å². The number of amides is 1. The highest BCUT2D eigenvalue weighted by Gasteiger charge is 2.55. The van der Waals surface area contributed by atoms with E-state index in [4.69, 9.17) is 14.2 Å². The van der Waals surface area contributed by atoms with Crippen molar-refractivity contribution in [2.45, 2.75) is 51.0 Å². The van der Waals surface area contributed by atoms with Gasteiger partial charge >= 0.3 is 6.09 Å². The van der Waals surface area contributed by atoms with Gasteiger partial charge in [0.25, 0.3) is 0 Å². The Kier molecular flexibility index (Phi) is 4.51. The van der Waals surface area contributed by atoms with Crippen LogP contribution < -0.4 is 10.1 Å². The average Bonchev–Trinajstić information content (AvgIpc) is 3.28.